The van der Waals surface area contributed by atoms with Gasteiger partial charge in [0.1, 0.15) is 12.4 Å². The molecular formula is C17H17FN2O5S. The molecule has 0 atom stereocenters. The highest BCUT2D eigenvalue weighted by atomic mass is 32.2. The minimum absolute atomic E-state index is 0.00877. The van der Waals surface area contributed by atoms with Crippen LogP contribution < -0.4 is 9.62 Å². The molecule has 138 valence electrons. The number of hydrogen-bond donors (Lipinski definition) is 1. The molecule has 0 unspecified atom stereocenters. The molecule has 0 aromatic heterocycles. The minimum atomic E-state index is -3.91. The van der Waals surface area contributed by atoms with Crippen LogP contribution in [0.15, 0.2) is 48.5 Å². The first-order valence-electron chi connectivity index (χ1n) is 7.43. The van der Waals surface area contributed by atoms with Gasteiger partial charge in [-0.1, -0.05) is 24.3 Å². The molecule has 7 nitrogen and oxygen atoms in total. The number of ether oxygens (including phenoxy) is 1. The van der Waals surface area contributed by atoms with E-state index in [4.69, 9.17) is 0 Å². The van der Waals surface area contributed by atoms with Crippen molar-refractivity contribution in [1.82, 2.24) is 0 Å². The smallest absolute Gasteiger partial charge is 0.340 e. The molecule has 1 N–H and O–H groups in total. The number of nitrogens with zero attached hydrogens (tertiary/aromatic N) is 1. The van der Waals surface area contributed by atoms with E-state index in [1.807, 2.05) is 0 Å². The van der Waals surface area contributed by atoms with Crippen LogP contribution in [0.5, 0.6) is 0 Å². The van der Waals surface area contributed by atoms with Crippen molar-refractivity contribution in [1.29, 1.82) is 0 Å². The maximum absolute atomic E-state index is 13.7. The summed E-state index contributed by atoms with van der Waals surface area (Å²) in [6, 6.07) is 11.3. The van der Waals surface area contributed by atoms with Gasteiger partial charge in [-0.3, -0.25) is 9.10 Å². The van der Waals surface area contributed by atoms with Gasteiger partial charge in [0, 0.05) is 0 Å². The van der Waals surface area contributed by atoms with Crippen LogP contribution in [0.25, 0.3) is 0 Å². The number of para-hydroxylation sites is 2. The van der Waals surface area contributed by atoms with Gasteiger partial charge in [0.15, 0.2) is 0 Å². The molecule has 0 heterocycles. The van der Waals surface area contributed by atoms with Crippen LogP contribution in [0.3, 0.4) is 0 Å². The van der Waals surface area contributed by atoms with Crippen molar-refractivity contribution >= 4 is 33.3 Å². The topological polar surface area (TPSA) is 92.8 Å². The van der Waals surface area contributed by atoms with Crippen molar-refractivity contribution in [3.05, 3.63) is 59.9 Å². The zero-order valence-corrected chi connectivity index (χ0v) is 14.9. The molecule has 0 saturated heterocycles. The van der Waals surface area contributed by atoms with E-state index in [0.29, 0.717) is 0 Å². The Morgan fingerprint density at radius 1 is 1.12 bits per heavy atom. The van der Waals surface area contributed by atoms with E-state index in [-0.39, 0.29) is 16.9 Å². The predicted molar refractivity (Wildman–Crippen MR) is 95.0 cm³/mol. The van der Waals surface area contributed by atoms with E-state index in [1.54, 1.807) is 0 Å². The normalized spacial score (nSPS) is 10.9. The molecule has 26 heavy (non-hydrogen) atoms. The summed E-state index contributed by atoms with van der Waals surface area (Å²) < 4.78 is 43.4. The Labute approximate surface area is 150 Å². The third-order valence-corrected chi connectivity index (χ3v) is 4.54. The van der Waals surface area contributed by atoms with Gasteiger partial charge in [-0.05, 0) is 24.3 Å². The lowest BCUT2D eigenvalue weighted by Crippen LogP contribution is -2.38. The third-order valence-electron chi connectivity index (χ3n) is 3.41. The number of carbonyl (C=O) groups excluding carboxylic acids is 2. The van der Waals surface area contributed by atoms with Gasteiger partial charge in [-0.2, -0.15) is 0 Å². The maximum atomic E-state index is 13.7. The Morgan fingerprint density at radius 2 is 1.73 bits per heavy atom. The quantitative estimate of drug-likeness (QED) is 0.774. The molecule has 2 aromatic carbocycles. The summed E-state index contributed by atoms with van der Waals surface area (Å²) in [6.07, 6.45) is 0.900. The van der Waals surface area contributed by atoms with E-state index in [9.17, 15) is 22.4 Å². The fourth-order valence-electron chi connectivity index (χ4n) is 2.24. The molecule has 2 rings (SSSR count). The summed E-state index contributed by atoms with van der Waals surface area (Å²) in [5.74, 6) is -2.16. The molecule has 0 saturated carbocycles. The number of carbonyl (C=O) groups is 2. The number of amides is 1. The van der Waals surface area contributed by atoms with Gasteiger partial charge in [0.05, 0.1) is 30.3 Å². The lowest BCUT2D eigenvalue weighted by molar-refractivity contribution is -0.114. The summed E-state index contributed by atoms with van der Waals surface area (Å²) in [5, 5.41) is 2.31. The van der Waals surface area contributed by atoms with Crippen molar-refractivity contribution in [2.24, 2.45) is 0 Å². The molecule has 0 fully saturated rings. The highest BCUT2D eigenvalue weighted by molar-refractivity contribution is 7.92. The summed E-state index contributed by atoms with van der Waals surface area (Å²) in [5.41, 5.74) is -0.100. The van der Waals surface area contributed by atoms with Crippen LogP contribution in [0.2, 0.25) is 0 Å². The van der Waals surface area contributed by atoms with Crippen LogP contribution in [0.4, 0.5) is 15.8 Å². The van der Waals surface area contributed by atoms with Crippen LogP contribution in [-0.2, 0) is 19.6 Å². The van der Waals surface area contributed by atoms with Crippen molar-refractivity contribution in [3.63, 3.8) is 0 Å². The average molecular weight is 380 g/mol. The predicted octanol–water partition coefficient (Wildman–Crippen LogP) is 2.02. The van der Waals surface area contributed by atoms with Gasteiger partial charge >= 0.3 is 5.97 Å². The minimum Gasteiger partial charge on any atom is -0.465 e. The van der Waals surface area contributed by atoms with Gasteiger partial charge < -0.3 is 10.1 Å². The molecule has 9 heteroatoms. The Kier molecular flexibility index (Phi) is 5.93. The van der Waals surface area contributed by atoms with Gasteiger partial charge in [0.25, 0.3) is 0 Å². The van der Waals surface area contributed by atoms with Crippen LogP contribution in [0.1, 0.15) is 10.4 Å². The molecule has 2 aromatic rings. The van der Waals surface area contributed by atoms with Crippen molar-refractivity contribution in [3.8, 4) is 0 Å². The monoisotopic (exact) mass is 380 g/mol. The first-order valence-corrected chi connectivity index (χ1v) is 9.28. The van der Waals surface area contributed by atoms with E-state index in [0.717, 1.165) is 23.7 Å². The number of methoxy groups -OCH3 is 1. The zero-order chi connectivity index (χ0) is 19.3. The van der Waals surface area contributed by atoms with E-state index < -0.39 is 34.3 Å². The summed E-state index contributed by atoms with van der Waals surface area (Å²) in [6.45, 7) is -0.638. The molecule has 0 aliphatic carbocycles. The van der Waals surface area contributed by atoms with Crippen molar-refractivity contribution < 1.29 is 27.1 Å². The lowest BCUT2D eigenvalue weighted by Gasteiger charge is -2.23. The number of hydrogen-bond acceptors (Lipinski definition) is 5. The highest BCUT2D eigenvalue weighted by Gasteiger charge is 2.26. The lowest BCUT2D eigenvalue weighted by atomic mass is 10.2. The molecule has 1 amide bonds. The van der Waals surface area contributed by atoms with Gasteiger partial charge in [0.2, 0.25) is 15.9 Å². The summed E-state index contributed by atoms with van der Waals surface area (Å²) >= 11 is 0. The number of benzene rings is 2. The Hall–Kier alpha value is -2.94. The fraction of sp³-hybridized carbons (Fsp3) is 0.176. The fourth-order valence-corrected chi connectivity index (χ4v) is 3.11. The first-order chi connectivity index (χ1) is 12.2. The number of rotatable bonds is 6. The molecule has 0 bridgehead atoms. The Morgan fingerprint density at radius 3 is 2.35 bits per heavy atom. The highest BCUT2D eigenvalue weighted by Crippen LogP contribution is 2.24. The number of esters is 1. The summed E-state index contributed by atoms with van der Waals surface area (Å²) in [4.78, 5) is 24.1. The molecule has 0 radical (unpaired) electrons. The standard InChI is InChI=1S/C17H17FN2O5S/c1-25-17(22)12-7-3-6-10-15(12)20(26(2,23)24)11-16(21)19-14-9-5-4-8-13(14)18/h3-10H,11H2,1-2H3,(H,19,21). The molecule has 0 spiro atoms. The van der Waals surface area contributed by atoms with Crippen LogP contribution in [0, 0.1) is 5.82 Å². The number of anilines is 2. The Balaban J connectivity index is 2.34. The van der Waals surface area contributed by atoms with E-state index in [2.05, 4.69) is 10.1 Å². The molecular weight excluding hydrogens is 363 g/mol. The largest absolute Gasteiger partial charge is 0.465 e. The van der Waals surface area contributed by atoms with Gasteiger partial charge in [-0.25, -0.2) is 17.6 Å². The molecule has 0 aliphatic heterocycles. The van der Waals surface area contributed by atoms with Crippen molar-refractivity contribution in [2.75, 3.05) is 29.5 Å². The average Bonchev–Trinajstić information content (AvgIpc) is 2.60. The second-order valence-corrected chi connectivity index (χ2v) is 7.21. The van der Waals surface area contributed by atoms with E-state index >= 15 is 0 Å². The van der Waals surface area contributed by atoms with Crippen LogP contribution in [-0.4, -0.2) is 40.2 Å². The number of sulfonamides is 1. The second kappa shape index (κ2) is 7.96. The van der Waals surface area contributed by atoms with Crippen molar-refractivity contribution in [2.45, 2.75) is 0 Å². The first kappa shape index (κ1) is 19.4. The SMILES string of the molecule is COC(=O)c1ccccc1N(CC(=O)Nc1ccccc1F)S(C)(=O)=O. The van der Waals surface area contributed by atoms with Gasteiger partial charge in [-0.15, -0.1) is 0 Å². The number of halogens is 1. The van der Waals surface area contributed by atoms with E-state index in [1.165, 1.54) is 42.5 Å². The zero-order valence-electron chi connectivity index (χ0n) is 14.1. The summed E-state index contributed by atoms with van der Waals surface area (Å²) in [7, 11) is -2.75. The third kappa shape index (κ3) is 4.57. The Bertz CT molecular complexity index is 930. The van der Waals surface area contributed by atoms with Crippen LogP contribution >= 0.6 is 0 Å². The second-order valence-electron chi connectivity index (χ2n) is 5.31. The molecule has 0 aliphatic rings. The number of nitrogens with one attached hydrogen (secondary N) is 1. The maximum Gasteiger partial charge on any atom is 0.340 e.